The zero-order chi connectivity index (χ0) is 14.4. The van der Waals surface area contributed by atoms with Crippen LogP contribution in [0.2, 0.25) is 0 Å². The lowest BCUT2D eigenvalue weighted by Crippen LogP contribution is -2.45. The van der Waals surface area contributed by atoms with Crippen molar-refractivity contribution >= 4 is 11.6 Å². The van der Waals surface area contributed by atoms with Gasteiger partial charge >= 0.3 is 0 Å². The molecule has 0 aliphatic carbocycles. The number of para-hydroxylation sites is 1. The Hall–Kier alpha value is -1.59. The molecule has 1 amide bonds. The molecule has 5 heteroatoms. The van der Waals surface area contributed by atoms with Gasteiger partial charge in [0.2, 0.25) is 5.91 Å². The van der Waals surface area contributed by atoms with E-state index in [1.54, 1.807) is 19.1 Å². The number of rotatable bonds is 7. The summed E-state index contributed by atoms with van der Waals surface area (Å²) in [6.45, 7) is 2.25. The largest absolute Gasteiger partial charge is 0.383 e. The Balaban J connectivity index is 1.98. The highest BCUT2D eigenvalue weighted by Gasteiger charge is 2.29. The molecule has 110 valence electrons. The molecule has 0 aromatic heterocycles. The Morgan fingerprint density at radius 1 is 1.25 bits per heavy atom. The van der Waals surface area contributed by atoms with Gasteiger partial charge in [-0.1, -0.05) is 18.2 Å². The van der Waals surface area contributed by atoms with Gasteiger partial charge in [-0.15, -0.1) is 0 Å². The monoisotopic (exact) mass is 278 g/mol. The lowest BCUT2D eigenvalue weighted by molar-refractivity contribution is -0.133. The molecule has 20 heavy (non-hydrogen) atoms. The molecule has 1 aromatic rings. The molecule has 0 fully saturated rings. The van der Waals surface area contributed by atoms with Crippen LogP contribution < -0.4 is 5.32 Å². The van der Waals surface area contributed by atoms with E-state index in [1.807, 2.05) is 18.2 Å². The predicted octanol–water partition coefficient (Wildman–Crippen LogP) is 1.14. The van der Waals surface area contributed by atoms with Gasteiger partial charge in [0.1, 0.15) is 6.04 Å². The Morgan fingerprint density at radius 2 is 1.90 bits per heavy atom. The van der Waals surface area contributed by atoms with Gasteiger partial charge in [0.25, 0.3) is 0 Å². The van der Waals surface area contributed by atoms with Crippen molar-refractivity contribution in [2.24, 2.45) is 0 Å². The van der Waals surface area contributed by atoms with Crippen molar-refractivity contribution in [3.05, 3.63) is 29.8 Å². The van der Waals surface area contributed by atoms with E-state index in [0.717, 1.165) is 12.1 Å². The Morgan fingerprint density at radius 3 is 2.50 bits per heavy atom. The van der Waals surface area contributed by atoms with Crippen molar-refractivity contribution in [3.63, 3.8) is 0 Å². The number of nitrogens with zero attached hydrogens (tertiary/aromatic N) is 1. The molecule has 5 nitrogen and oxygen atoms in total. The number of hydrogen-bond acceptors (Lipinski definition) is 4. The molecular weight excluding hydrogens is 256 g/mol. The minimum atomic E-state index is -0.180. The van der Waals surface area contributed by atoms with E-state index in [0.29, 0.717) is 26.3 Å². The average molecular weight is 278 g/mol. The fraction of sp³-hybridized carbons (Fsp3) is 0.533. The van der Waals surface area contributed by atoms with Crippen molar-refractivity contribution in [2.75, 3.05) is 45.8 Å². The first-order valence-corrected chi connectivity index (χ1v) is 6.87. The molecule has 2 rings (SSSR count). The van der Waals surface area contributed by atoms with Gasteiger partial charge in [-0.25, -0.2) is 0 Å². The molecule has 0 spiro atoms. The van der Waals surface area contributed by atoms with Gasteiger partial charge in [0.05, 0.1) is 13.2 Å². The van der Waals surface area contributed by atoms with E-state index in [2.05, 4.69) is 11.4 Å². The van der Waals surface area contributed by atoms with E-state index in [4.69, 9.17) is 9.47 Å². The summed E-state index contributed by atoms with van der Waals surface area (Å²) in [5.41, 5.74) is 2.26. The normalized spacial score (nSPS) is 16.6. The van der Waals surface area contributed by atoms with Crippen LogP contribution in [-0.4, -0.2) is 57.4 Å². The maximum absolute atomic E-state index is 12.6. The summed E-state index contributed by atoms with van der Waals surface area (Å²) in [7, 11) is 3.28. The van der Waals surface area contributed by atoms with Gasteiger partial charge in [0.15, 0.2) is 0 Å². The minimum Gasteiger partial charge on any atom is -0.383 e. The summed E-state index contributed by atoms with van der Waals surface area (Å²) in [5.74, 6) is 0.107. The Kier molecular flexibility index (Phi) is 5.38. The first-order valence-electron chi connectivity index (χ1n) is 6.87. The maximum atomic E-state index is 12.6. The fourth-order valence-corrected chi connectivity index (χ4v) is 2.40. The molecule has 1 heterocycles. The van der Waals surface area contributed by atoms with Crippen molar-refractivity contribution in [1.29, 1.82) is 0 Å². The molecule has 0 saturated heterocycles. The van der Waals surface area contributed by atoms with Crippen LogP contribution in [0.15, 0.2) is 24.3 Å². The van der Waals surface area contributed by atoms with Crippen LogP contribution in [0, 0.1) is 0 Å². The number of hydrogen-bond donors (Lipinski definition) is 1. The smallest absolute Gasteiger partial charge is 0.245 e. The van der Waals surface area contributed by atoms with Crippen LogP contribution in [0.25, 0.3) is 0 Å². The lowest BCUT2D eigenvalue weighted by atomic mass is 10.1. The number of nitrogens with one attached hydrogen (secondary N) is 1. The summed E-state index contributed by atoms with van der Waals surface area (Å²) in [6.07, 6.45) is 0.742. The first kappa shape index (κ1) is 14.8. The Bertz CT molecular complexity index is 417. The highest BCUT2D eigenvalue weighted by atomic mass is 16.5. The molecule has 0 bridgehead atoms. The summed E-state index contributed by atoms with van der Waals surface area (Å²) in [4.78, 5) is 14.4. The van der Waals surface area contributed by atoms with Gasteiger partial charge in [-0.3, -0.25) is 4.79 Å². The SMILES string of the molecule is COCCN(CCOC)C(=O)C1Cc2ccccc2N1. The number of fused-ring (bicyclic) bond motifs is 1. The van der Waals surface area contributed by atoms with Crippen LogP contribution >= 0.6 is 0 Å². The second-order valence-electron chi connectivity index (χ2n) is 4.87. The molecule has 1 aliphatic rings. The zero-order valence-electron chi connectivity index (χ0n) is 12.1. The van der Waals surface area contributed by atoms with Crippen LogP contribution in [0.4, 0.5) is 5.69 Å². The van der Waals surface area contributed by atoms with Crippen molar-refractivity contribution < 1.29 is 14.3 Å². The third-order valence-electron chi connectivity index (χ3n) is 3.51. The molecule has 1 aliphatic heterocycles. The van der Waals surface area contributed by atoms with Gasteiger partial charge in [-0.05, 0) is 11.6 Å². The zero-order valence-corrected chi connectivity index (χ0v) is 12.1. The van der Waals surface area contributed by atoms with Crippen LogP contribution in [0.3, 0.4) is 0 Å². The summed E-state index contributed by atoms with van der Waals surface area (Å²) < 4.78 is 10.1. The number of carbonyl (C=O) groups is 1. The van der Waals surface area contributed by atoms with Crippen molar-refractivity contribution in [1.82, 2.24) is 4.90 Å². The third-order valence-corrected chi connectivity index (χ3v) is 3.51. The van der Waals surface area contributed by atoms with Gasteiger partial charge in [0, 0.05) is 39.4 Å². The van der Waals surface area contributed by atoms with E-state index in [1.165, 1.54) is 5.56 Å². The minimum absolute atomic E-state index is 0.107. The van der Waals surface area contributed by atoms with Crippen LogP contribution in [-0.2, 0) is 20.7 Å². The van der Waals surface area contributed by atoms with E-state index in [9.17, 15) is 4.79 Å². The van der Waals surface area contributed by atoms with Crippen LogP contribution in [0.1, 0.15) is 5.56 Å². The second kappa shape index (κ2) is 7.26. The first-order chi connectivity index (χ1) is 9.76. The topological polar surface area (TPSA) is 50.8 Å². The molecule has 1 aromatic carbocycles. The summed E-state index contributed by atoms with van der Waals surface area (Å²) in [5, 5.41) is 3.29. The van der Waals surface area contributed by atoms with Gasteiger partial charge < -0.3 is 19.7 Å². The summed E-state index contributed by atoms with van der Waals surface area (Å²) in [6, 6.07) is 7.87. The van der Waals surface area contributed by atoms with Crippen LogP contribution in [0.5, 0.6) is 0 Å². The number of amides is 1. The quantitative estimate of drug-likeness (QED) is 0.813. The van der Waals surface area contributed by atoms with E-state index in [-0.39, 0.29) is 11.9 Å². The second-order valence-corrected chi connectivity index (χ2v) is 4.87. The molecule has 0 radical (unpaired) electrons. The number of methoxy groups -OCH3 is 2. The number of ether oxygens (including phenoxy) is 2. The lowest BCUT2D eigenvalue weighted by Gasteiger charge is -2.25. The highest BCUT2D eigenvalue weighted by molar-refractivity contribution is 5.87. The Labute approximate surface area is 119 Å². The average Bonchev–Trinajstić information content (AvgIpc) is 2.90. The van der Waals surface area contributed by atoms with Gasteiger partial charge in [-0.2, -0.15) is 0 Å². The molecule has 1 unspecified atom stereocenters. The molecule has 1 N–H and O–H groups in total. The molecular formula is C15H22N2O3. The third kappa shape index (κ3) is 3.49. The predicted molar refractivity (Wildman–Crippen MR) is 77.9 cm³/mol. The van der Waals surface area contributed by atoms with E-state index < -0.39 is 0 Å². The van der Waals surface area contributed by atoms with Crippen molar-refractivity contribution in [3.8, 4) is 0 Å². The highest BCUT2D eigenvalue weighted by Crippen LogP contribution is 2.25. The maximum Gasteiger partial charge on any atom is 0.245 e. The van der Waals surface area contributed by atoms with E-state index >= 15 is 0 Å². The molecule has 0 saturated carbocycles. The number of anilines is 1. The summed E-state index contributed by atoms with van der Waals surface area (Å²) >= 11 is 0. The number of benzene rings is 1. The number of carbonyl (C=O) groups excluding carboxylic acids is 1. The molecule has 1 atom stereocenters. The van der Waals surface area contributed by atoms with Crippen molar-refractivity contribution in [2.45, 2.75) is 12.5 Å². The fourth-order valence-electron chi connectivity index (χ4n) is 2.40. The standard InChI is InChI=1S/C15H22N2O3/c1-19-9-7-17(8-10-20-2)15(18)14-11-12-5-3-4-6-13(12)16-14/h3-6,14,16H,7-11H2,1-2H3.